The van der Waals surface area contributed by atoms with Crippen molar-refractivity contribution in [2.24, 2.45) is 0 Å². The van der Waals surface area contributed by atoms with Crippen LogP contribution in [0.5, 0.6) is 0 Å². The second-order valence-corrected chi connectivity index (χ2v) is 0.136. The first-order valence-corrected chi connectivity index (χ1v) is 0.471. The maximum atomic E-state index is 4.12. The van der Waals surface area contributed by atoms with E-state index in [2.05, 4.69) is 20.7 Å². The highest BCUT2D eigenvalue weighted by molar-refractivity contribution is 6.15. The zero-order chi connectivity index (χ0) is 2.71. The summed E-state index contributed by atoms with van der Waals surface area (Å²) >= 11 is 0. The van der Waals surface area contributed by atoms with E-state index in [1.54, 1.807) is 0 Å². The van der Waals surface area contributed by atoms with Crippen LogP contribution in [0.15, 0.2) is 0 Å². The summed E-state index contributed by atoms with van der Waals surface area (Å²) in [5.41, 5.74) is 0. The van der Waals surface area contributed by atoms with Gasteiger partial charge < -0.3 is 4.57 Å². The Hall–Kier alpha value is 0.307. The minimum atomic E-state index is 0. The van der Waals surface area contributed by atoms with Crippen LogP contribution in [0.3, 0.4) is 0 Å². The predicted octanol–water partition coefficient (Wildman–Crippen LogP) is -1.21. The molecule has 1 nitrogen and oxygen atoms in total. The van der Waals surface area contributed by atoms with Gasteiger partial charge in [-0.15, -0.1) is 0 Å². The van der Waals surface area contributed by atoms with Crippen LogP contribution >= 0.6 is 0 Å². The van der Waals surface area contributed by atoms with Crippen LogP contribution in [0.2, 0.25) is 0 Å². The molecule has 0 bridgehead atoms. The average Bonchev–Trinajstić information content (AvgIpc) is 0.918. The first kappa shape index (κ1) is 8.85. The molecule has 4 heavy (non-hydrogen) atoms. The largest absolute Gasteiger partial charge is 0.514 e. The van der Waals surface area contributed by atoms with E-state index in [-0.39, 0.29) is 11.0 Å². The third kappa shape index (κ3) is 41.9. The molecule has 8 radical (unpaired) electrons. The summed E-state index contributed by atoms with van der Waals surface area (Å²) in [4.78, 5) is 0. The SMILES string of the molecule is [B]O[B].[Si]. The molecule has 0 saturated heterocycles. The predicted molar refractivity (Wildman–Crippen MR) is 18.3 cm³/mol. The fourth-order valence-electron chi connectivity index (χ4n) is 0. The van der Waals surface area contributed by atoms with Gasteiger partial charge in [-0.05, 0) is 0 Å². The highest BCUT2D eigenvalue weighted by Crippen LogP contribution is 1.20. The Balaban J connectivity index is 0. The summed E-state index contributed by atoms with van der Waals surface area (Å²) in [5, 5.41) is 0. The fourth-order valence-corrected chi connectivity index (χ4v) is 0. The summed E-state index contributed by atoms with van der Waals surface area (Å²) in [5.74, 6) is 0. The van der Waals surface area contributed by atoms with Crippen molar-refractivity contribution >= 4 is 27.1 Å². The third-order valence-electron chi connectivity index (χ3n) is 0. The lowest BCUT2D eigenvalue weighted by atomic mass is 10.5. The van der Waals surface area contributed by atoms with Crippen LogP contribution in [0.4, 0.5) is 0 Å². The van der Waals surface area contributed by atoms with Gasteiger partial charge in [0.05, 0.1) is 0 Å². The van der Waals surface area contributed by atoms with Crippen molar-refractivity contribution in [2.45, 2.75) is 0 Å². The molecule has 0 aromatic rings. The zero-order valence-corrected chi connectivity index (χ0v) is 3.06. The number of rotatable bonds is 0. The van der Waals surface area contributed by atoms with Crippen LogP contribution in [0.1, 0.15) is 0 Å². The topological polar surface area (TPSA) is 9.23 Å². The summed E-state index contributed by atoms with van der Waals surface area (Å²) < 4.78 is 3.25. The van der Waals surface area contributed by atoms with Gasteiger partial charge >= 0.3 is 0 Å². The zero-order valence-electron chi connectivity index (χ0n) is 2.06. The molecule has 0 unspecified atom stereocenters. The van der Waals surface area contributed by atoms with Gasteiger partial charge in [0.1, 0.15) is 0 Å². The molecule has 4 heteroatoms. The molecule has 0 aliphatic carbocycles. The van der Waals surface area contributed by atoms with Crippen molar-refractivity contribution in [3.8, 4) is 0 Å². The van der Waals surface area contributed by atoms with Crippen LogP contribution < -0.4 is 0 Å². The Kier molecular flexibility index (Phi) is 22.8. The first-order valence-electron chi connectivity index (χ1n) is 0.471. The number of hydrogen-bond donors (Lipinski definition) is 0. The van der Waals surface area contributed by atoms with Gasteiger partial charge in [0.25, 0.3) is 16.1 Å². The molecule has 0 saturated carbocycles. The van der Waals surface area contributed by atoms with Crippen molar-refractivity contribution < 1.29 is 4.57 Å². The fraction of sp³-hybridized carbons (Fsp3) is 0. The smallest absolute Gasteiger partial charge is 0.257 e. The minimum Gasteiger partial charge on any atom is -0.514 e. The second-order valence-electron chi connectivity index (χ2n) is 0.136. The molecule has 0 atom stereocenters. The standard InChI is InChI=1S/B2O.Si/c1-3-2;. The Morgan fingerprint density at radius 1 is 1.25 bits per heavy atom. The Labute approximate surface area is 32.6 Å². The van der Waals surface area contributed by atoms with E-state index in [1.807, 2.05) is 0 Å². The molecule has 0 aromatic carbocycles. The molecule has 0 heterocycles. The van der Waals surface area contributed by atoms with Crippen molar-refractivity contribution in [1.82, 2.24) is 0 Å². The van der Waals surface area contributed by atoms with Crippen molar-refractivity contribution in [3.63, 3.8) is 0 Å². The van der Waals surface area contributed by atoms with Gasteiger partial charge in [-0.1, -0.05) is 0 Å². The molecule has 0 rings (SSSR count). The maximum absolute atomic E-state index is 4.12. The third-order valence-corrected chi connectivity index (χ3v) is 0. The van der Waals surface area contributed by atoms with Crippen LogP contribution in [-0.4, -0.2) is 27.1 Å². The van der Waals surface area contributed by atoms with Gasteiger partial charge in [-0.2, -0.15) is 0 Å². The Morgan fingerprint density at radius 3 is 1.25 bits per heavy atom. The highest BCUT2D eigenvalue weighted by atomic mass is 28.1. The summed E-state index contributed by atoms with van der Waals surface area (Å²) in [6.45, 7) is 0. The molecule has 0 aliphatic heterocycles. The molecule has 0 fully saturated rings. The monoisotopic (exact) mass is 66.0 g/mol. The molecular weight excluding hydrogens is 65.7 g/mol. The lowest BCUT2D eigenvalue weighted by Crippen LogP contribution is -1.65. The Morgan fingerprint density at radius 2 is 1.25 bits per heavy atom. The van der Waals surface area contributed by atoms with Gasteiger partial charge in [0.2, 0.25) is 0 Å². The molecule has 0 amide bonds. The van der Waals surface area contributed by atoms with Crippen molar-refractivity contribution in [3.05, 3.63) is 0 Å². The summed E-state index contributed by atoms with van der Waals surface area (Å²) in [6.07, 6.45) is 0. The van der Waals surface area contributed by atoms with E-state index in [0.717, 1.165) is 0 Å². The normalized spacial score (nSPS) is 4.00. The van der Waals surface area contributed by atoms with Gasteiger partial charge in [0, 0.05) is 11.0 Å². The second kappa shape index (κ2) is 10.3. The van der Waals surface area contributed by atoms with Crippen LogP contribution in [0, 0.1) is 0 Å². The van der Waals surface area contributed by atoms with Crippen LogP contribution in [0.25, 0.3) is 0 Å². The van der Waals surface area contributed by atoms with E-state index in [0.29, 0.717) is 0 Å². The lowest BCUT2D eigenvalue weighted by Gasteiger charge is -1.59. The highest BCUT2D eigenvalue weighted by Gasteiger charge is 1.34. The molecule has 0 aromatic heterocycles. The van der Waals surface area contributed by atoms with E-state index in [4.69, 9.17) is 0 Å². The van der Waals surface area contributed by atoms with E-state index in [9.17, 15) is 0 Å². The minimum absolute atomic E-state index is 0. The van der Waals surface area contributed by atoms with E-state index >= 15 is 0 Å². The lowest BCUT2D eigenvalue weighted by molar-refractivity contribution is 0.690. The van der Waals surface area contributed by atoms with Crippen LogP contribution in [-0.2, 0) is 4.57 Å². The van der Waals surface area contributed by atoms with Crippen molar-refractivity contribution in [1.29, 1.82) is 0 Å². The Bertz CT molecular complexity index is 6.00. The van der Waals surface area contributed by atoms with E-state index in [1.165, 1.54) is 0 Å². The van der Waals surface area contributed by atoms with E-state index < -0.39 is 0 Å². The average molecular weight is 65.7 g/mol. The first-order chi connectivity index (χ1) is 1.41. The number of hydrogen-bond acceptors (Lipinski definition) is 1. The maximum Gasteiger partial charge on any atom is 0.257 e. The molecule has 16 valence electrons. The van der Waals surface area contributed by atoms with Crippen molar-refractivity contribution in [2.75, 3.05) is 0 Å². The molecule has 0 aliphatic rings. The van der Waals surface area contributed by atoms with Gasteiger partial charge in [-0.25, -0.2) is 0 Å². The quantitative estimate of drug-likeness (QED) is 0.322. The molecular formula is B2OSi. The summed E-state index contributed by atoms with van der Waals surface area (Å²) in [6, 6.07) is 0. The van der Waals surface area contributed by atoms with Gasteiger partial charge in [-0.3, -0.25) is 0 Å². The van der Waals surface area contributed by atoms with Gasteiger partial charge in [0.15, 0.2) is 0 Å². The summed E-state index contributed by atoms with van der Waals surface area (Å²) in [7, 11) is 8.25. The molecule has 0 N–H and O–H groups in total. The molecule has 0 spiro atoms.